The number of nitrogens with zero attached hydrogens (tertiary/aromatic N) is 4. The molecule has 0 atom stereocenters. The standard InChI is InChI=1S/C17H16N6O3/c1-21-15-14(16(25)22(2)17(21)26)23(9-19-15)8-13(24)20-12-5-3-4-11-10(12)6-7-18-11/h3-7,9,18H,8H2,1-2H3,(H,20,24). The lowest BCUT2D eigenvalue weighted by Crippen LogP contribution is -2.37. The highest BCUT2D eigenvalue weighted by molar-refractivity contribution is 6.01. The molecule has 0 fully saturated rings. The number of H-pyrrole nitrogens is 1. The fourth-order valence-corrected chi connectivity index (χ4v) is 3.06. The molecule has 4 aromatic rings. The molecule has 9 nitrogen and oxygen atoms in total. The van der Waals surface area contributed by atoms with Crippen LogP contribution in [0.5, 0.6) is 0 Å². The molecule has 0 spiro atoms. The third-order valence-electron chi connectivity index (χ3n) is 4.40. The van der Waals surface area contributed by atoms with Crippen LogP contribution in [0.25, 0.3) is 22.1 Å². The van der Waals surface area contributed by atoms with Gasteiger partial charge in [0.05, 0.1) is 12.0 Å². The van der Waals surface area contributed by atoms with Crippen LogP contribution in [0.15, 0.2) is 46.4 Å². The highest BCUT2D eigenvalue weighted by atomic mass is 16.2. The van der Waals surface area contributed by atoms with Gasteiger partial charge in [-0.05, 0) is 18.2 Å². The van der Waals surface area contributed by atoms with Crippen LogP contribution in [-0.4, -0.2) is 29.6 Å². The molecular weight excluding hydrogens is 336 g/mol. The minimum atomic E-state index is -0.485. The van der Waals surface area contributed by atoms with Gasteiger partial charge in [0.15, 0.2) is 11.2 Å². The number of benzene rings is 1. The summed E-state index contributed by atoms with van der Waals surface area (Å²) in [4.78, 5) is 44.1. The van der Waals surface area contributed by atoms with E-state index in [-0.39, 0.29) is 23.6 Å². The molecule has 0 aliphatic carbocycles. The molecule has 0 bridgehead atoms. The molecule has 3 aromatic heterocycles. The Morgan fingerprint density at radius 3 is 2.81 bits per heavy atom. The zero-order valence-electron chi connectivity index (χ0n) is 14.2. The number of aromatic amines is 1. The molecule has 0 unspecified atom stereocenters. The fourth-order valence-electron chi connectivity index (χ4n) is 3.06. The molecule has 1 aromatic carbocycles. The lowest BCUT2D eigenvalue weighted by molar-refractivity contribution is -0.116. The molecule has 0 aliphatic rings. The first-order valence-electron chi connectivity index (χ1n) is 7.94. The maximum Gasteiger partial charge on any atom is 0.332 e. The molecular formula is C17H16N6O3. The van der Waals surface area contributed by atoms with E-state index in [0.29, 0.717) is 5.69 Å². The largest absolute Gasteiger partial charge is 0.361 e. The fraction of sp³-hybridized carbons (Fsp3) is 0.176. The quantitative estimate of drug-likeness (QED) is 0.561. The second-order valence-electron chi connectivity index (χ2n) is 6.04. The number of carbonyl (C=O) groups excluding carboxylic acids is 1. The van der Waals surface area contributed by atoms with Crippen LogP contribution in [0.1, 0.15) is 0 Å². The first-order chi connectivity index (χ1) is 12.5. The molecule has 3 heterocycles. The number of hydrogen-bond acceptors (Lipinski definition) is 4. The van der Waals surface area contributed by atoms with Crippen LogP contribution in [0.3, 0.4) is 0 Å². The molecule has 0 saturated carbocycles. The third kappa shape index (κ3) is 2.32. The van der Waals surface area contributed by atoms with Crippen LogP contribution in [0, 0.1) is 0 Å². The van der Waals surface area contributed by atoms with Crippen LogP contribution >= 0.6 is 0 Å². The van der Waals surface area contributed by atoms with Gasteiger partial charge in [0, 0.05) is 31.2 Å². The molecule has 0 aliphatic heterocycles. The Morgan fingerprint density at radius 2 is 2.00 bits per heavy atom. The van der Waals surface area contributed by atoms with E-state index < -0.39 is 11.2 Å². The number of aromatic nitrogens is 5. The van der Waals surface area contributed by atoms with E-state index in [1.807, 2.05) is 24.3 Å². The minimum absolute atomic E-state index is 0.0925. The summed E-state index contributed by atoms with van der Waals surface area (Å²) in [5.41, 5.74) is 1.11. The van der Waals surface area contributed by atoms with E-state index in [0.717, 1.165) is 15.5 Å². The Bertz CT molecular complexity index is 1270. The lowest BCUT2D eigenvalue weighted by Gasteiger charge is -2.09. The maximum absolute atomic E-state index is 12.5. The van der Waals surface area contributed by atoms with Crippen molar-refractivity contribution >= 4 is 33.7 Å². The van der Waals surface area contributed by atoms with Crippen molar-refractivity contribution in [1.82, 2.24) is 23.7 Å². The summed E-state index contributed by atoms with van der Waals surface area (Å²) in [6, 6.07) is 7.44. The van der Waals surface area contributed by atoms with E-state index in [4.69, 9.17) is 0 Å². The number of fused-ring (bicyclic) bond motifs is 2. The van der Waals surface area contributed by atoms with Gasteiger partial charge in [-0.1, -0.05) is 6.07 Å². The van der Waals surface area contributed by atoms with Crippen molar-refractivity contribution in [2.24, 2.45) is 14.1 Å². The molecule has 1 amide bonds. The van der Waals surface area contributed by atoms with E-state index >= 15 is 0 Å². The van der Waals surface area contributed by atoms with E-state index in [2.05, 4.69) is 15.3 Å². The average Bonchev–Trinajstić information content (AvgIpc) is 3.25. The topological polar surface area (TPSA) is 107 Å². The van der Waals surface area contributed by atoms with E-state index in [1.54, 1.807) is 6.20 Å². The SMILES string of the molecule is Cn1c(=O)c2c(ncn2CC(=O)Nc2cccc3[nH]ccc23)n(C)c1=O. The number of carbonyl (C=O) groups is 1. The second kappa shape index (κ2) is 5.73. The van der Waals surface area contributed by atoms with Crippen LogP contribution < -0.4 is 16.6 Å². The van der Waals surface area contributed by atoms with Crippen molar-refractivity contribution in [1.29, 1.82) is 0 Å². The zero-order chi connectivity index (χ0) is 18.4. The number of nitrogens with one attached hydrogen (secondary N) is 2. The van der Waals surface area contributed by atoms with Crippen LogP contribution in [0.2, 0.25) is 0 Å². The predicted octanol–water partition coefficient (Wildman–Crippen LogP) is 0.554. The van der Waals surface area contributed by atoms with Crippen molar-refractivity contribution in [2.45, 2.75) is 6.54 Å². The Morgan fingerprint density at radius 1 is 1.19 bits per heavy atom. The Kier molecular flexibility index (Phi) is 3.50. The molecule has 0 radical (unpaired) electrons. The Hall–Kier alpha value is -3.62. The first-order valence-corrected chi connectivity index (χ1v) is 7.94. The molecule has 0 saturated heterocycles. The number of rotatable bonds is 3. The number of amides is 1. The maximum atomic E-state index is 12.5. The van der Waals surface area contributed by atoms with Gasteiger partial charge in [-0.3, -0.25) is 18.7 Å². The van der Waals surface area contributed by atoms with Gasteiger partial charge in [-0.2, -0.15) is 0 Å². The summed E-state index contributed by atoms with van der Waals surface area (Å²) >= 11 is 0. The second-order valence-corrected chi connectivity index (χ2v) is 6.04. The Labute approximate surface area is 146 Å². The van der Waals surface area contributed by atoms with Gasteiger partial charge in [-0.25, -0.2) is 9.78 Å². The smallest absolute Gasteiger partial charge is 0.332 e. The lowest BCUT2D eigenvalue weighted by atomic mass is 10.2. The van der Waals surface area contributed by atoms with Gasteiger partial charge in [0.25, 0.3) is 5.56 Å². The average molecular weight is 352 g/mol. The minimum Gasteiger partial charge on any atom is -0.361 e. The van der Waals surface area contributed by atoms with E-state index in [1.165, 1.54) is 29.6 Å². The molecule has 2 N–H and O–H groups in total. The monoisotopic (exact) mass is 352 g/mol. The van der Waals surface area contributed by atoms with Gasteiger partial charge in [0.1, 0.15) is 6.54 Å². The molecule has 9 heteroatoms. The summed E-state index contributed by atoms with van der Waals surface area (Å²) in [6.45, 7) is -0.0925. The van der Waals surface area contributed by atoms with Gasteiger partial charge >= 0.3 is 5.69 Å². The Balaban J connectivity index is 1.70. The zero-order valence-corrected chi connectivity index (χ0v) is 14.2. The summed E-state index contributed by atoms with van der Waals surface area (Å²) in [7, 11) is 2.93. The normalized spacial score (nSPS) is 11.3. The van der Waals surface area contributed by atoms with Crippen molar-refractivity contribution in [3.63, 3.8) is 0 Å². The van der Waals surface area contributed by atoms with Crippen molar-refractivity contribution < 1.29 is 4.79 Å². The highest BCUT2D eigenvalue weighted by Crippen LogP contribution is 2.22. The summed E-state index contributed by atoms with van der Waals surface area (Å²) in [5.74, 6) is -0.297. The number of imidazole rings is 1. The molecule has 26 heavy (non-hydrogen) atoms. The summed E-state index contributed by atoms with van der Waals surface area (Å²) < 4.78 is 3.73. The van der Waals surface area contributed by atoms with Crippen LogP contribution in [-0.2, 0) is 25.4 Å². The van der Waals surface area contributed by atoms with Crippen molar-refractivity contribution in [2.75, 3.05) is 5.32 Å². The molecule has 4 rings (SSSR count). The summed E-state index contributed by atoms with van der Waals surface area (Å²) in [6.07, 6.45) is 3.19. The van der Waals surface area contributed by atoms with Gasteiger partial charge in [0.2, 0.25) is 5.91 Å². The third-order valence-corrected chi connectivity index (χ3v) is 4.40. The van der Waals surface area contributed by atoms with Crippen molar-refractivity contribution in [3.05, 3.63) is 57.6 Å². The molecule has 132 valence electrons. The van der Waals surface area contributed by atoms with Gasteiger partial charge in [-0.15, -0.1) is 0 Å². The number of anilines is 1. The summed E-state index contributed by atoms with van der Waals surface area (Å²) in [5, 5.41) is 3.75. The van der Waals surface area contributed by atoms with Crippen molar-refractivity contribution in [3.8, 4) is 0 Å². The van der Waals surface area contributed by atoms with Gasteiger partial charge < -0.3 is 14.9 Å². The number of aryl methyl sites for hydroxylation is 1. The predicted molar refractivity (Wildman–Crippen MR) is 97.1 cm³/mol. The van der Waals surface area contributed by atoms with E-state index in [9.17, 15) is 14.4 Å². The van der Waals surface area contributed by atoms with Crippen LogP contribution in [0.4, 0.5) is 5.69 Å². The number of hydrogen-bond donors (Lipinski definition) is 2. The first kappa shape index (κ1) is 15.9. The highest BCUT2D eigenvalue weighted by Gasteiger charge is 2.16.